The Morgan fingerprint density at radius 2 is 1.57 bits per heavy atom. The Morgan fingerprint density at radius 3 is 2.07 bits per heavy atom. The van der Waals surface area contributed by atoms with E-state index in [1.165, 1.54) is 0 Å². The lowest BCUT2D eigenvalue weighted by Crippen LogP contribution is -2.32. The van der Waals surface area contributed by atoms with Crippen LogP contribution < -0.4 is 0 Å². The van der Waals surface area contributed by atoms with Gasteiger partial charge in [-0.25, -0.2) is 0 Å². The third kappa shape index (κ3) is 8.48. The van der Waals surface area contributed by atoms with Crippen LogP contribution in [0.15, 0.2) is 0 Å². The van der Waals surface area contributed by atoms with E-state index in [0.717, 1.165) is 32.8 Å². The van der Waals surface area contributed by atoms with Crippen molar-refractivity contribution in [1.82, 2.24) is 9.80 Å². The fourth-order valence-electron chi connectivity index (χ4n) is 1.06. The molecule has 0 aromatic rings. The topological polar surface area (TPSA) is 15.7 Å². The lowest BCUT2D eigenvalue weighted by molar-refractivity contribution is 0.0626. The summed E-state index contributed by atoms with van der Waals surface area (Å²) < 4.78 is 5.49. The Hall–Kier alpha value is -0.120. The van der Waals surface area contributed by atoms with Crippen LogP contribution in [0.5, 0.6) is 0 Å². The highest BCUT2D eigenvalue weighted by molar-refractivity contribution is 4.55. The molecule has 0 N–H and O–H groups in total. The fraction of sp³-hybridized carbons (Fsp3) is 1.00. The van der Waals surface area contributed by atoms with E-state index in [4.69, 9.17) is 4.74 Å². The number of nitrogens with zero attached hydrogens (tertiary/aromatic N) is 2. The SMILES string of the molecule is CCN(C)CCN(C)CCOC(C)C. The first kappa shape index (κ1) is 13.9. The molecule has 14 heavy (non-hydrogen) atoms. The minimum atomic E-state index is 0.349. The molecule has 0 aliphatic heterocycles. The van der Waals surface area contributed by atoms with E-state index in [1.807, 2.05) is 0 Å². The normalized spacial score (nSPS) is 12.0. The van der Waals surface area contributed by atoms with Crippen molar-refractivity contribution in [3.63, 3.8) is 0 Å². The minimum Gasteiger partial charge on any atom is -0.377 e. The van der Waals surface area contributed by atoms with Crippen LogP contribution in [0, 0.1) is 0 Å². The molecule has 0 rings (SSSR count). The van der Waals surface area contributed by atoms with Crippen LogP contribution in [-0.2, 0) is 4.74 Å². The summed E-state index contributed by atoms with van der Waals surface area (Å²) in [6.45, 7) is 11.6. The highest BCUT2D eigenvalue weighted by Gasteiger charge is 2.01. The van der Waals surface area contributed by atoms with Gasteiger partial charge in [-0.2, -0.15) is 0 Å². The van der Waals surface area contributed by atoms with E-state index in [-0.39, 0.29) is 0 Å². The van der Waals surface area contributed by atoms with Crippen molar-refractivity contribution in [2.75, 3.05) is 46.9 Å². The summed E-state index contributed by atoms with van der Waals surface area (Å²) in [5, 5.41) is 0. The zero-order valence-corrected chi connectivity index (χ0v) is 10.4. The monoisotopic (exact) mass is 202 g/mol. The van der Waals surface area contributed by atoms with Crippen molar-refractivity contribution >= 4 is 0 Å². The summed E-state index contributed by atoms with van der Waals surface area (Å²) in [5.41, 5.74) is 0. The Balaban J connectivity index is 3.32. The number of hydrogen-bond acceptors (Lipinski definition) is 3. The smallest absolute Gasteiger partial charge is 0.0596 e. The molecule has 0 fully saturated rings. The summed E-state index contributed by atoms with van der Waals surface area (Å²) >= 11 is 0. The van der Waals surface area contributed by atoms with Crippen LogP contribution >= 0.6 is 0 Å². The van der Waals surface area contributed by atoms with Gasteiger partial charge in [-0.1, -0.05) is 6.92 Å². The average Bonchev–Trinajstić information content (AvgIpc) is 2.13. The van der Waals surface area contributed by atoms with Crippen molar-refractivity contribution in [1.29, 1.82) is 0 Å². The van der Waals surface area contributed by atoms with Gasteiger partial charge < -0.3 is 14.5 Å². The van der Waals surface area contributed by atoms with E-state index in [0.29, 0.717) is 6.10 Å². The van der Waals surface area contributed by atoms with Gasteiger partial charge in [-0.15, -0.1) is 0 Å². The predicted octanol–water partition coefficient (Wildman–Crippen LogP) is 1.29. The van der Waals surface area contributed by atoms with Gasteiger partial charge in [0.2, 0.25) is 0 Å². The molecule has 0 aromatic carbocycles. The first-order valence-electron chi connectivity index (χ1n) is 5.55. The summed E-state index contributed by atoms with van der Waals surface area (Å²) in [4.78, 5) is 4.63. The van der Waals surface area contributed by atoms with Crippen molar-refractivity contribution in [3.05, 3.63) is 0 Å². The van der Waals surface area contributed by atoms with Gasteiger partial charge in [0, 0.05) is 19.6 Å². The number of rotatable bonds is 8. The molecule has 0 aromatic heterocycles. The molecule has 0 unspecified atom stereocenters. The van der Waals surface area contributed by atoms with E-state index in [1.54, 1.807) is 0 Å². The second kappa shape index (κ2) is 8.21. The third-order valence-corrected chi connectivity index (χ3v) is 2.33. The van der Waals surface area contributed by atoms with Crippen LogP contribution in [0.4, 0.5) is 0 Å². The van der Waals surface area contributed by atoms with Gasteiger partial charge in [-0.3, -0.25) is 0 Å². The molecule has 86 valence electrons. The molecule has 0 aliphatic carbocycles. The molecule has 0 atom stereocenters. The van der Waals surface area contributed by atoms with Crippen LogP contribution in [-0.4, -0.2) is 62.8 Å². The maximum absolute atomic E-state index is 5.49. The quantitative estimate of drug-likeness (QED) is 0.590. The molecule has 3 heteroatoms. The molecule has 0 spiro atoms. The van der Waals surface area contributed by atoms with Crippen LogP contribution in [0.3, 0.4) is 0 Å². The average molecular weight is 202 g/mol. The number of hydrogen-bond donors (Lipinski definition) is 0. The van der Waals surface area contributed by atoms with E-state index in [2.05, 4.69) is 44.7 Å². The van der Waals surface area contributed by atoms with Crippen molar-refractivity contribution in [2.24, 2.45) is 0 Å². The Labute approximate surface area is 89.0 Å². The van der Waals surface area contributed by atoms with Crippen molar-refractivity contribution in [3.8, 4) is 0 Å². The van der Waals surface area contributed by atoms with Crippen molar-refractivity contribution < 1.29 is 4.74 Å². The minimum absolute atomic E-state index is 0.349. The highest BCUT2D eigenvalue weighted by atomic mass is 16.5. The first-order valence-corrected chi connectivity index (χ1v) is 5.55. The predicted molar refractivity (Wildman–Crippen MR) is 61.8 cm³/mol. The van der Waals surface area contributed by atoms with E-state index >= 15 is 0 Å². The zero-order valence-electron chi connectivity index (χ0n) is 10.4. The van der Waals surface area contributed by atoms with Crippen LogP contribution in [0.2, 0.25) is 0 Å². The third-order valence-electron chi connectivity index (χ3n) is 2.33. The summed E-state index contributed by atoms with van der Waals surface area (Å²) in [6.07, 6.45) is 0.349. The molecule has 0 radical (unpaired) electrons. The number of ether oxygens (including phenoxy) is 1. The maximum atomic E-state index is 5.49. The highest BCUT2D eigenvalue weighted by Crippen LogP contribution is 1.90. The number of likely N-dealkylation sites (N-methyl/N-ethyl adjacent to an activating group) is 2. The lowest BCUT2D eigenvalue weighted by atomic mass is 10.4. The molecular formula is C11H26N2O. The molecule has 0 heterocycles. The lowest BCUT2D eigenvalue weighted by Gasteiger charge is -2.21. The zero-order chi connectivity index (χ0) is 11.0. The van der Waals surface area contributed by atoms with Gasteiger partial charge in [0.15, 0.2) is 0 Å². The molecule has 0 saturated heterocycles. The van der Waals surface area contributed by atoms with Gasteiger partial charge >= 0.3 is 0 Å². The van der Waals surface area contributed by atoms with E-state index < -0.39 is 0 Å². The Bertz CT molecular complexity index is 128. The standard InChI is InChI=1S/C11H26N2O/c1-6-12(4)7-8-13(5)9-10-14-11(2)3/h11H,6-10H2,1-5H3. The molecule has 3 nitrogen and oxygen atoms in total. The van der Waals surface area contributed by atoms with Crippen LogP contribution in [0.25, 0.3) is 0 Å². The molecule has 0 saturated carbocycles. The Morgan fingerprint density at radius 1 is 1.00 bits per heavy atom. The molecule has 0 amide bonds. The molecular weight excluding hydrogens is 176 g/mol. The van der Waals surface area contributed by atoms with Gasteiger partial charge in [0.1, 0.15) is 0 Å². The second-order valence-corrected chi connectivity index (χ2v) is 4.12. The molecule has 0 aliphatic rings. The molecule has 0 bridgehead atoms. The summed E-state index contributed by atoms with van der Waals surface area (Å²) in [6, 6.07) is 0. The van der Waals surface area contributed by atoms with E-state index in [9.17, 15) is 0 Å². The van der Waals surface area contributed by atoms with Crippen LogP contribution in [0.1, 0.15) is 20.8 Å². The summed E-state index contributed by atoms with van der Waals surface area (Å²) in [5.74, 6) is 0. The van der Waals surface area contributed by atoms with Gasteiger partial charge in [-0.05, 0) is 34.5 Å². The van der Waals surface area contributed by atoms with Gasteiger partial charge in [0.25, 0.3) is 0 Å². The van der Waals surface area contributed by atoms with Crippen molar-refractivity contribution in [2.45, 2.75) is 26.9 Å². The second-order valence-electron chi connectivity index (χ2n) is 4.12. The largest absolute Gasteiger partial charge is 0.377 e. The maximum Gasteiger partial charge on any atom is 0.0596 e. The summed E-state index contributed by atoms with van der Waals surface area (Å²) in [7, 11) is 4.30. The van der Waals surface area contributed by atoms with Gasteiger partial charge in [0.05, 0.1) is 12.7 Å². The Kier molecular flexibility index (Phi) is 8.14. The first-order chi connectivity index (χ1) is 6.56. The fourth-order valence-corrected chi connectivity index (χ4v) is 1.06.